The minimum atomic E-state index is -0.822. The average Bonchev–Trinajstić information content (AvgIpc) is 2.01. The molecule has 0 saturated heterocycles. The number of rotatable bonds is 6. The molecule has 0 bridgehead atoms. The van der Waals surface area contributed by atoms with E-state index in [9.17, 15) is 4.79 Å². The molecule has 0 aromatic carbocycles. The summed E-state index contributed by atoms with van der Waals surface area (Å²) in [5, 5.41) is 8.66. The van der Waals surface area contributed by atoms with E-state index in [-0.39, 0.29) is 11.2 Å². The lowest BCUT2D eigenvalue weighted by Gasteiger charge is -2.14. The Balaban J connectivity index is 3.84. The number of thiol groups is 1. The summed E-state index contributed by atoms with van der Waals surface area (Å²) in [6.45, 7) is 2.23. The van der Waals surface area contributed by atoms with Crippen molar-refractivity contribution in [3.63, 3.8) is 0 Å². The summed E-state index contributed by atoms with van der Waals surface area (Å²) in [6.07, 6.45) is 1.19. The Hall–Kier alpha value is -0.910. The van der Waals surface area contributed by atoms with Crippen LogP contribution in [0.3, 0.4) is 0 Å². The zero-order valence-corrected chi connectivity index (χ0v) is 9.08. The first-order valence-electron chi connectivity index (χ1n) is 4.41. The van der Waals surface area contributed by atoms with E-state index in [0.29, 0.717) is 19.4 Å². The number of aliphatic imine (C=N–C) groups is 1. The van der Waals surface area contributed by atoms with Gasteiger partial charge in [-0.15, -0.1) is 0 Å². The molecule has 2 atom stereocenters. The van der Waals surface area contributed by atoms with Crippen LogP contribution in [0.4, 0.5) is 0 Å². The SMILES string of the molecule is CC(S)C(CCCN=C(N)N)C(=O)O. The molecule has 14 heavy (non-hydrogen) atoms. The van der Waals surface area contributed by atoms with E-state index >= 15 is 0 Å². The number of hydrogen-bond donors (Lipinski definition) is 4. The van der Waals surface area contributed by atoms with E-state index in [1.54, 1.807) is 6.92 Å². The number of carboxylic acid groups (broad SMARTS) is 1. The summed E-state index contributed by atoms with van der Waals surface area (Å²) in [7, 11) is 0. The highest BCUT2D eigenvalue weighted by Crippen LogP contribution is 2.16. The molecule has 0 rings (SSSR count). The van der Waals surface area contributed by atoms with Crippen LogP contribution in [0, 0.1) is 5.92 Å². The lowest BCUT2D eigenvalue weighted by atomic mass is 10.0. The Labute approximate surface area is 89.0 Å². The highest BCUT2D eigenvalue weighted by Gasteiger charge is 2.21. The van der Waals surface area contributed by atoms with Crippen molar-refractivity contribution in [1.29, 1.82) is 0 Å². The van der Waals surface area contributed by atoms with Crippen molar-refractivity contribution in [2.75, 3.05) is 6.54 Å². The van der Waals surface area contributed by atoms with Crippen molar-refractivity contribution in [2.45, 2.75) is 25.0 Å². The Morgan fingerprint density at radius 2 is 2.14 bits per heavy atom. The van der Waals surface area contributed by atoms with Crippen LogP contribution in [-0.4, -0.2) is 28.8 Å². The topological polar surface area (TPSA) is 102 Å². The second-order valence-electron chi connectivity index (χ2n) is 3.13. The molecule has 0 radical (unpaired) electrons. The van der Waals surface area contributed by atoms with Crippen LogP contribution in [0.1, 0.15) is 19.8 Å². The molecule has 0 fully saturated rings. The first-order valence-corrected chi connectivity index (χ1v) is 4.93. The van der Waals surface area contributed by atoms with E-state index in [1.165, 1.54) is 0 Å². The normalized spacial score (nSPS) is 14.4. The van der Waals surface area contributed by atoms with Gasteiger partial charge in [-0.1, -0.05) is 6.92 Å². The minimum absolute atomic E-state index is 0.0378. The minimum Gasteiger partial charge on any atom is -0.481 e. The summed E-state index contributed by atoms with van der Waals surface area (Å²) < 4.78 is 0. The smallest absolute Gasteiger partial charge is 0.307 e. The zero-order valence-electron chi connectivity index (χ0n) is 8.18. The van der Waals surface area contributed by atoms with Gasteiger partial charge in [0.05, 0.1) is 5.92 Å². The van der Waals surface area contributed by atoms with Crippen LogP contribution in [-0.2, 0) is 4.79 Å². The number of hydrogen-bond acceptors (Lipinski definition) is 3. The molecule has 0 heterocycles. The Morgan fingerprint density at radius 3 is 2.50 bits per heavy atom. The molecule has 0 saturated carbocycles. The van der Waals surface area contributed by atoms with Crippen molar-refractivity contribution in [3.8, 4) is 0 Å². The van der Waals surface area contributed by atoms with Gasteiger partial charge in [0.25, 0.3) is 0 Å². The highest BCUT2D eigenvalue weighted by atomic mass is 32.1. The van der Waals surface area contributed by atoms with Crippen molar-refractivity contribution in [2.24, 2.45) is 22.4 Å². The summed E-state index contributed by atoms with van der Waals surface area (Å²) >= 11 is 4.11. The van der Waals surface area contributed by atoms with Crippen molar-refractivity contribution in [3.05, 3.63) is 0 Å². The number of carboxylic acids is 1. The molecule has 6 heteroatoms. The molecule has 82 valence electrons. The molecule has 0 aliphatic carbocycles. The van der Waals surface area contributed by atoms with E-state index in [2.05, 4.69) is 17.6 Å². The number of carbonyl (C=O) groups is 1. The molecule has 5 N–H and O–H groups in total. The largest absolute Gasteiger partial charge is 0.481 e. The third-order valence-electron chi connectivity index (χ3n) is 1.87. The van der Waals surface area contributed by atoms with Crippen molar-refractivity contribution in [1.82, 2.24) is 0 Å². The van der Waals surface area contributed by atoms with Gasteiger partial charge in [0.2, 0.25) is 0 Å². The Kier molecular flexibility index (Phi) is 6.11. The van der Waals surface area contributed by atoms with E-state index in [1.807, 2.05) is 0 Å². The predicted molar refractivity (Wildman–Crippen MR) is 59.5 cm³/mol. The fraction of sp³-hybridized carbons (Fsp3) is 0.750. The van der Waals surface area contributed by atoms with E-state index in [0.717, 1.165) is 0 Å². The summed E-state index contributed by atoms with van der Waals surface area (Å²) in [6, 6.07) is 0. The fourth-order valence-electron chi connectivity index (χ4n) is 1.09. The van der Waals surface area contributed by atoms with Crippen LogP contribution in [0.15, 0.2) is 4.99 Å². The maximum atomic E-state index is 10.7. The second kappa shape index (κ2) is 6.53. The number of nitrogens with two attached hydrogens (primary N) is 2. The molecular formula is C8H17N3O2S. The fourth-order valence-corrected chi connectivity index (χ4v) is 1.37. The summed E-state index contributed by atoms with van der Waals surface area (Å²) in [5.74, 6) is -1.22. The van der Waals surface area contributed by atoms with Gasteiger partial charge in [-0.05, 0) is 12.8 Å². The molecule has 0 aliphatic heterocycles. The molecule has 5 nitrogen and oxygen atoms in total. The van der Waals surface area contributed by atoms with Crippen LogP contribution < -0.4 is 11.5 Å². The van der Waals surface area contributed by atoms with Crippen LogP contribution >= 0.6 is 12.6 Å². The molecule has 0 spiro atoms. The van der Waals surface area contributed by atoms with Gasteiger partial charge >= 0.3 is 5.97 Å². The van der Waals surface area contributed by atoms with Gasteiger partial charge in [-0.2, -0.15) is 12.6 Å². The quantitative estimate of drug-likeness (QED) is 0.219. The molecule has 0 aromatic rings. The first kappa shape index (κ1) is 13.1. The molecular weight excluding hydrogens is 202 g/mol. The first-order chi connectivity index (χ1) is 6.45. The highest BCUT2D eigenvalue weighted by molar-refractivity contribution is 7.81. The molecule has 0 aromatic heterocycles. The van der Waals surface area contributed by atoms with Gasteiger partial charge < -0.3 is 16.6 Å². The molecule has 0 aliphatic rings. The lowest BCUT2D eigenvalue weighted by Crippen LogP contribution is -2.24. The Bertz CT molecular complexity index is 215. The second-order valence-corrected chi connectivity index (χ2v) is 3.95. The van der Waals surface area contributed by atoms with Gasteiger partial charge in [0.15, 0.2) is 5.96 Å². The summed E-state index contributed by atoms with van der Waals surface area (Å²) in [5.41, 5.74) is 10.3. The number of guanidine groups is 1. The maximum absolute atomic E-state index is 10.7. The van der Waals surface area contributed by atoms with E-state index < -0.39 is 11.9 Å². The van der Waals surface area contributed by atoms with Crippen LogP contribution in [0.5, 0.6) is 0 Å². The standard InChI is InChI=1S/C8H17N3O2S/c1-5(14)6(7(12)13)3-2-4-11-8(9)10/h5-6,14H,2-4H2,1H3,(H,12,13)(H4,9,10,11). The summed E-state index contributed by atoms with van der Waals surface area (Å²) in [4.78, 5) is 14.5. The lowest BCUT2D eigenvalue weighted by molar-refractivity contribution is -0.141. The van der Waals surface area contributed by atoms with E-state index in [4.69, 9.17) is 16.6 Å². The van der Waals surface area contributed by atoms with Crippen LogP contribution in [0.25, 0.3) is 0 Å². The predicted octanol–water partition coefficient (Wildman–Crippen LogP) is 0.0591. The number of nitrogens with zero attached hydrogens (tertiary/aromatic N) is 1. The number of aliphatic carboxylic acids is 1. The average molecular weight is 219 g/mol. The van der Waals surface area contributed by atoms with Gasteiger partial charge in [0.1, 0.15) is 0 Å². The van der Waals surface area contributed by atoms with Gasteiger partial charge in [0, 0.05) is 11.8 Å². The molecule has 0 amide bonds. The third kappa shape index (κ3) is 5.69. The van der Waals surface area contributed by atoms with Gasteiger partial charge in [-0.25, -0.2) is 0 Å². The molecule has 2 unspecified atom stereocenters. The van der Waals surface area contributed by atoms with Crippen molar-refractivity contribution < 1.29 is 9.90 Å². The zero-order chi connectivity index (χ0) is 11.1. The van der Waals surface area contributed by atoms with Crippen LogP contribution in [0.2, 0.25) is 0 Å². The Morgan fingerprint density at radius 1 is 1.57 bits per heavy atom. The van der Waals surface area contributed by atoms with Gasteiger partial charge in [-0.3, -0.25) is 9.79 Å². The monoisotopic (exact) mass is 219 g/mol. The third-order valence-corrected chi connectivity index (χ3v) is 2.23. The van der Waals surface area contributed by atoms with Crippen molar-refractivity contribution >= 4 is 24.6 Å². The maximum Gasteiger partial charge on any atom is 0.307 e.